The first-order valence-electron chi connectivity index (χ1n) is 6.59. The van der Waals surface area contributed by atoms with E-state index in [9.17, 15) is 4.39 Å². The van der Waals surface area contributed by atoms with Crippen LogP contribution in [0.3, 0.4) is 0 Å². The highest BCUT2D eigenvalue weighted by atomic mass is 35.5. The second-order valence-corrected chi connectivity index (χ2v) is 4.84. The summed E-state index contributed by atoms with van der Waals surface area (Å²) in [5.41, 5.74) is 1.05. The molecule has 2 rings (SSSR count). The molecule has 0 saturated carbocycles. The maximum Gasteiger partial charge on any atom is 0.123 e. The number of rotatable bonds is 4. The standard InChI is InChI=1S/C15H21FN2.ClH/c1-17-15-5-3-11-18(12-15)10-2-4-13-6-8-14(16)9-7-13;/h2,4,6-9,15,17H,3,5,10-12H2,1H3;1H/b4-2+;. The Morgan fingerprint density at radius 2 is 2.11 bits per heavy atom. The van der Waals surface area contributed by atoms with Crippen LogP contribution in [-0.4, -0.2) is 37.6 Å². The van der Waals surface area contributed by atoms with Crippen molar-refractivity contribution in [3.8, 4) is 0 Å². The molecule has 0 spiro atoms. The van der Waals surface area contributed by atoms with Gasteiger partial charge in [-0.05, 0) is 44.1 Å². The van der Waals surface area contributed by atoms with E-state index < -0.39 is 0 Å². The van der Waals surface area contributed by atoms with Gasteiger partial charge in [-0.3, -0.25) is 4.90 Å². The highest BCUT2D eigenvalue weighted by Gasteiger charge is 2.16. The molecule has 1 aliphatic heterocycles. The molecule has 1 atom stereocenters. The van der Waals surface area contributed by atoms with Crippen molar-refractivity contribution in [1.29, 1.82) is 0 Å². The zero-order valence-corrected chi connectivity index (χ0v) is 12.1. The number of halogens is 2. The van der Waals surface area contributed by atoms with Gasteiger partial charge in [0.25, 0.3) is 0 Å². The van der Waals surface area contributed by atoms with E-state index in [0.717, 1.165) is 18.7 Å². The molecule has 4 heteroatoms. The van der Waals surface area contributed by atoms with Gasteiger partial charge in [0.1, 0.15) is 5.82 Å². The molecule has 1 fully saturated rings. The van der Waals surface area contributed by atoms with Crippen LogP contribution in [-0.2, 0) is 0 Å². The molecule has 1 saturated heterocycles. The Balaban J connectivity index is 0.00000180. The average molecular weight is 285 g/mol. The molecule has 0 aliphatic carbocycles. The van der Waals surface area contributed by atoms with Crippen molar-refractivity contribution in [1.82, 2.24) is 10.2 Å². The number of piperidine rings is 1. The van der Waals surface area contributed by atoms with E-state index in [-0.39, 0.29) is 18.2 Å². The van der Waals surface area contributed by atoms with E-state index >= 15 is 0 Å². The topological polar surface area (TPSA) is 15.3 Å². The predicted octanol–water partition coefficient (Wildman–Crippen LogP) is 2.94. The lowest BCUT2D eigenvalue weighted by atomic mass is 10.1. The summed E-state index contributed by atoms with van der Waals surface area (Å²) < 4.78 is 12.7. The number of hydrogen-bond acceptors (Lipinski definition) is 2. The smallest absolute Gasteiger partial charge is 0.123 e. The molecule has 1 aliphatic rings. The number of nitrogens with one attached hydrogen (secondary N) is 1. The summed E-state index contributed by atoms with van der Waals surface area (Å²) in [6, 6.07) is 7.23. The molecule has 0 aromatic heterocycles. The predicted molar refractivity (Wildman–Crippen MR) is 81.2 cm³/mol. The maximum absolute atomic E-state index is 12.7. The van der Waals surface area contributed by atoms with Crippen LogP contribution in [0.5, 0.6) is 0 Å². The van der Waals surface area contributed by atoms with E-state index in [1.165, 1.54) is 31.5 Å². The van der Waals surface area contributed by atoms with Gasteiger partial charge in [-0.15, -0.1) is 12.4 Å². The highest BCUT2D eigenvalue weighted by molar-refractivity contribution is 5.85. The Morgan fingerprint density at radius 1 is 1.37 bits per heavy atom. The lowest BCUT2D eigenvalue weighted by Crippen LogP contribution is -2.44. The molecule has 1 heterocycles. The largest absolute Gasteiger partial charge is 0.316 e. The van der Waals surface area contributed by atoms with Gasteiger partial charge in [-0.2, -0.15) is 0 Å². The molecule has 1 aromatic carbocycles. The van der Waals surface area contributed by atoms with Crippen molar-refractivity contribution in [2.45, 2.75) is 18.9 Å². The molecule has 106 valence electrons. The van der Waals surface area contributed by atoms with Crippen LogP contribution in [0.2, 0.25) is 0 Å². The van der Waals surface area contributed by atoms with E-state index in [0.29, 0.717) is 6.04 Å². The van der Waals surface area contributed by atoms with E-state index in [1.54, 1.807) is 12.1 Å². The SMILES string of the molecule is CNC1CCCN(C/C=C/c2ccc(F)cc2)C1.Cl. The molecule has 1 unspecified atom stereocenters. The Morgan fingerprint density at radius 3 is 2.79 bits per heavy atom. The first-order valence-corrected chi connectivity index (χ1v) is 6.59. The zero-order valence-electron chi connectivity index (χ0n) is 11.3. The van der Waals surface area contributed by atoms with Crippen molar-refractivity contribution in [2.24, 2.45) is 0 Å². The first kappa shape index (κ1) is 16.2. The third kappa shape index (κ3) is 5.31. The van der Waals surface area contributed by atoms with E-state index in [1.807, 2.05) is 7.05 Å². The molecule has 0 bridgehead atoms. The summed E-state index contributed by atoms with van der Waals surface area (Å²) in [7, 11) is 2.03. The summed E-state index contributed by atoms with van der Waals surface area (Å²) in [5, 5.41) is 3.34. The van der Waals surface area contributed by atoms with Gasteiger partial charge in [-0.25, -0.2) is 4.39 Å². The zero-order chi connectivity index (χ0) is 12.8. The number of benzene rings is 1. The Labute approximate surface area is 121 Å². The number of likely N-dealkylation sites (N-methyl/N-ethyl adjacent to an activating group) is 1. The number of likely N-dealkylation sites (tertiary alicyclic amines) is 1. The summed E-state index contributed by atoms with van der Waals surface area (Å²) in [6.45, 7) is 3.26. The fourth-order valence-electron chi connectivity index (χ4n) is 2.37. The summed E-state index contributed by atoms with van der Waals surface area (Å²) in [5.74, 6) is -0.181. The third-order valence-corrected chi connectivity index (χ3v) is 3.46. The minimum atomic E-state index is -0.181. The average Bonchev–Trinajstić information content (AvgIpc) is 2.41. The minimum Gasteiger partial charge on any atom is -0.316 e. The quantitative estimate of drug-likeness (QED) is 0.914. The van der Waals surface area contributed by atoms with Gasteiger partial charge in [0.2, 0.25) is 0 Å². The van der Waals surface area contributed by atoms with Crippen LogP contribution in [0, 0.1) is 5.82 Å². The van der Waals surface area contributed by atoms with Gasteiger partial charge in [0.15, 0.2) is 0 Å². The summed E-state index contributed by atoms with van der Waals surface area (Å²) in [6.07, 6.45) is 6.75. The molecule has 0 amide bonds. The van der Waals surface area contributed by atoms with Crippen LogP contribution in [0.4, 0.5) is 4.39 Å². The Bertz CT molecular complexity index is 392. The van der Waals surface area contributed by atoms with Crippen molar-refractivity contribution >= 4 is 18.5 Å². The highest BCUT2D eigenvalue weighted by Crippen LogP contribution is 2.10. The van der Waals surface area contributed by atoms with Gasteiger partial charge in [0, 0.05) is 19.1 Å². The summed E-state index contributed by atoms with van der Waals surface area (Å²) >= 11 is 0. The molecule has 0 radical (unpaired) electrons. The van der Waals surface area contributed by atoms with Crippen molar-refractivity contribution in [3.63, 3.8) is 0 Å². The third-order valence-electron chi connectivity index (χ3n) is 3.46. The van der Waals surface area contributed by atoms with Crippen LogP contribution >= 0.6 is 12.4 Å². The first-order chi connectivity index (χ1) is 8.78. The Hall–Kier alpha value is -0.900. The summed E-state index contributed by atoms with van der Waals surface area (Å²) in [4.78, 5) is 2.45. The monoisotopic (exact) mass is 284 g/mol. The molecule has 19 heavy (non-hydrogen) atoms. The molecule has 1 aromatic rings. The van der Waals surface area contributed by atoms with Crippen molar-refractivity contribution < 1.29 is 4.39 Å². The van der Waals surface area contributed by atoms with Gasteiger partial charge < -0.3 is 5.32 Å². The van der Waals surface area contributed by atoms with Crippen LogP contribution in [0.25, 0.3) is 6.08 Å². The van der Waals surface area contributed by atoms with Gasteiger partial charge >= 0.3 is 0 Å². The number of nitrogens with zero attached hydrogens (tertiary/aromatic N) is 1. The number of hydrogen-bond donors (Lipinski definition) is 1. The second-order valence-electron chi connectivity index (χ2n) is 4.84. The molecule has 1 N–H and O–H groups in total. The minimum absolute atomic E-state index is 0. The lowest BCUT2D eigenvalue weighted by Gasteiger charge is -2.31. The van der Waals surface area contributed by atoms with Crippen LogP contribution < -0.4 is 5.32 Å². The van der Waals surface area contributed by atoms with Crippen molar-refractivity contribution in [2.75, 3.05) is 26.7 Å². The maximum atomic E-state index is 12.7. The van der Waals surface area contributed by atoms with E-state index in [2.05, 4.69) is 22.4 Å². The molecular weight excluding hydrogens is 263 g/mol. The second kappa shape index (κ2) is 8.31. The fourth-order valence-corrected chi connectivity index (χ4v) is 2.37. The molecule has 2 nitrogen and oxygen atoms in total. The van der Waals surface area contributed by atoms with Crippen LogP contribution in [0.1, 0.15) is 18.4 Å². The fraction of sp³-hybridized carbons (Fsp3) is 0.467. The van der Waals surface area contributed by atoms with Gasteiger partial charge in [0.05, 0.1) is 0 Å². The normalized spacial score (nSPS) is 20.4. The van der Waals surface area contributed by atoms with Crippen molar-refractivity contribution in [3.05, 3.63) is 41.7 Å². The van der Waals surface area contributed by atoms with Gasteiger partial charge in [-0.1, -0.05) is 24.3 Å². The Kier molecular flexibility index (Phi) is 7.06. The molecular formula is C15H22ClFN2. The van der Waals surface area contributed by atoms with E-state index in [4.69, 9.17) is 0 Å². The van der Waals surface area contributed by atoms with Crippen LogP contribution in [0.15, 0.2) is 30.3 Å². The lowest BCUT2D eigenvalue weighted by molar-refractivity contribution is 0.213.